The molecule has 0 spiro atoms. The van der Waals surface area contributed by atoms with Crippen LogP contribution in [0.3, 0.4) is 0 Å². The molecular formula is C23H39N5O5. The number of nitrogens with zero attached hydrogens (tertiary/aromatic N) is 4. The van der Waals surface area contributed by atoms with Crippen molar-refractivity contribution in [1.82, 2.24) is 19.6 Å². The van der Waals surface area contributed by atoms with E-state index < -0.39 is 5.54 Å². The summed E-state index contributed by atoms with van der Waals surface area (Å²) in [4.78, 5) is 34.8. The second-order valence-electron chi connectivity index (χ2n) is 9.10. The van der Waals surface area contributed by atoms with E-state index in [2.05, 4.69) is 20.2 Å². The summed E-state index contributed by atoms with van der Waals surface area (Å²) in [5, 5.41) is 21.8. The number of aromatic nitrogens is 2. The number of anilines is 1. The average molecular weight is 466 g/mol. The first kappa shape index (κ1) is 26.6. The van der Waals surface area contributed by atoms with Gasteiger partial charge in [-0.15, -0.1) is 0 Å². The largest absolute Gasteiger partial charge is 0.483 e. The van der Waals surface area contributed by atoms with Gasteiger partial charge in [-0.3, -0.25) is 19.1 Å². The Morgan fingerprint density at radius 1 is 1.06 bits per heavy atom. The first-order chi connectivity index (χ1) is 16.0. The standard InChI is InChI=1S/C21H35N5O.2CH2O2/c1-24-14-9-19(23-24)22-21(20(27)26-12-5-6-13-26)10-15-25(16-11-21)17-18-7-3-2-4-8-18;2*2-1-3/h9,14,18H,2-8,10-13,15-17H2,1H3,(H,22,23);2*1H,(H,2,3). The number of hydrogen-bond acceptors (Lipinski definition) is 6. The predicted octanol–water partition coefficient (Wildman–Crippen LogP) is 2.27. The molecule has 1 aromatic heterocycles. The van der Waals surface area contributed by atoms with Crippen LogP contribution in [-0.4, -0.2) is 86.9 Å². The van der Waals surface area contributed by atoms with Gasteiger partial charge in [0.15, 0.2) is 0 Å². The first-order valence-corrected chi connectivity index (χ1v) is 11.9. The second-order valence-corrected chi connectivity index (χ2v) is 9.10. The number of amides is 1. The van der Waals surface area contributed by atoms with Crippen LogP contribution in [0.4, 0.5) is 5.82 Å². The number of aryl methyl sites for hydroxylation is 1. The van der Waals surface area contributed by atoms with Crippen LogP contribution in [0.1, 0.15) is 57.8 Å². The Balaban J connectivity index is 0.000000582. The van der Waals surface area contributed by atoms with Gasteiger partial charge >= 0.3 is 0 Å². The summed E-state index contributed by atoms with van der Waals surface area (Å²) in [7, 11) is 1.92. The molecule has 1 amide bonds. The van der Waals surface area contributed by atoms with Crippen molar-refractivity contribution in [2.45, 2.75) is 63.3 Å². The molecule has 33 heavy (non-hydrogen) atoms. The van der Waals surface area contributed by atoms with Gasteiger partial charge in [0.05, 0.1) is 0 Å². The van der Waals surface area contributed by atoms with E-state index >= 15 is 0 Å². The number of rotatable bonds is 5. The number of carboxylic acid groups (broad SMARTS) is 2. The topological polar surface area (TPSA) is 128 Å². The van der Waals surface area contributed by atoms with Gasteiger partial charge in [0.2, 0.25) is 5.91 Å². The molecule has 0 bridgehead atoms. The zero-order valence-corrected chi connectivity index (χ0v) is 19.7. The molecule has 3 heterocycles. The average Bonchev–Trinajstić information content (AvgIpc) is 3.49. The van der Waals surface area contributed by atoms with Crippen molar-refractivity contribution in [3.8, 4) is 0 Å². The van der Waals surface area contributed by atoms with E-state index in [1.165, 1.54) is 38.6 Å². The summed E-state index contributed by atoms with van der Waals surface area (Å²) >= 11 is 0. The third kappa shape index (κ3) is 8.03. The summed E-state index contributed by atoms with van der Waals surface area (Å²) < 4.78 is 1.80. The van der Waals surface area contributed by atoms with Crippen LogP contribution >= 0.6 is 0 Å². The molecule has 3 aliphatic rings. The van der Waals surface area contributed by atoms with Crippen LogP contribution in [0.25, 0.3) is 0 Å². The van der Waals surface area contributed by atoms with Crippen LogP contribution in [0, 0.1) is 5.92 Å². The lowest BCUT2D eigenvalue weighted by molar-refractivity contribution is -0.136. The van der Waals surface area contributed by atoms with E-state index in [9.17, 15) is 4.79 Å². The Bertz CT molecular complexity index is 715. The van der Waals surface area contributed by atoms with Crippen LogP contribution < -0.4 is 5.32 Å². The van der Waals surface area contributed by atoms with Gasteiger partial charge in [0.25, 0.3) is 12.9 Å². The fraction of sp³-hybridized carbons (Fsp3) is 0.739. The van der Waals surface area contributed by atoms with Crippen LogP contribution in [0.15, 0.2) is 12.3 Å². The molecular weight excluding hydrogens is 426 g/mol. The van der Waals surface area contributed by atoms with Crippen LogP contribution in [0.5, 0.6) is 0 Å². The quantitative estimate of drug-likeness (QED) is 0.565. The maximum Gasteiger partial charge on any atom is 0.290 e. The van der Waals surface area contributed by atoms with Crippen molar-refractivity contribution in [2.24, 2.45) is 13.0 Å². The van der Waals surface area contributed by atoms with Gasteiger partial charge in [-0.1, -0.05) is 19.3 Å². The molecule has 0 atom stereocenters. The third-order valence-electron chi connectivity index (χ3n) is 6.83. The number of carbonyl (C=O) groups excluding carboxylic acids is 1. The number of piperidine rings is 1. The molecule has 186 valence electrons. The van der Waals surface area contributed by atoms with E-state index in [0.29, 0.717) is 5.91 Å². The molecule has 3 N–H and O–H groups in total. The third-order valence-corrected chi connectivity index (χ3v) is 6.83. The summed E-state index contributed by atoms with van der Waals surface area (Å²) in [6, 6.07) is 1.98. The fourth-order valence-corrected chi connectivity index (χ4v) is 5.19. The molecule has 10 nitrogen and oxygen atoms in total. The highest BCUT2D eigenvalue weighted by Crippen LogP contribution is 2.32. The van der Waals surface area contributed by atoms with E-state index in [0.717, 1.165) is 63.6 Å². The van der Waals surface area contributed by atoms with E-state index in [4.69, 9.17) is 19.8 Å². The fourth-order valence-electron chi connectivity index (χ4n) is 5.19. The summed E-state index contributed by atoms with van der Waals surface area (Å²) in [5.74, 6) is 1.98. The molecule has 2 saturated heterocycles. The normalized spacial score (nSPS) is 20.6. The Morgan fingerprint density at radius 3 is 2.15 bits per heavy atom. The first-order valence-electron chi connectivity index (χ1n) is 11.9. The summed E-state index contributed by atoms with van der Waals surface area (Å²) in [5.41, 5.74) is -0.484. The molecule has 4 rings (SSSR count). The van der Waals surface area contributed by atoms with E-state index in [1.807, 2.05) is 19.3 Å². The molecule has 3 fully saturated rings. The second kappa shape index (κ2) is 13.8. The number of hydrogen-bond donors (Lipinski definition) is 3. The Morgan fingerprint density at radius 2 is 1.64 bits per heavy atom. The van der Waals surface area contributed by atoms with Gasteiger partial charge in [0.1, 0.15) is 11.4 Å². The lowest BCUT2D eigenvalue weighted by atomic mass is 9.84. The van der Waals surface area contributed by atoms with E-state index in [1.54, 1.807) is 4.68 Å². The lowest BCUT2D eigenvalue weighted by Crippen LogP contribution is -2.59. The number of nitrogens with one attached hydrogen (secondary N) is 1. The van der Waals surface area contributed by atoms with Gasteiger partial charge in [-0.2, -0.15) is 5.10 Å². The van der Waals surface area contributed by atoms with Crippen molar-refractivity contribution >= 4 is 24.7 Å². The Labute approximate surface area is 195 Å². The Hall–Kier alpha value is -2.62. The van der Waals surface area contributed by atoms with Crippen molar-refractivity contribution < 1.29 is 24.6 Å². The zero-order valence-electron chi connectivity index (χ0n) is 19.7. The SMILES string of the molecule is Cn1ccc(NC2(C(=O)N3CCCC3)CCN(CC3CCCCC3)CC2)n1.O=CO.O=CO. The lowest BCUT2D eigenvalue weighted by Gasteiger charge is -2.44. The minimum absolute atomic E-state index is 0.250. The minimum atomic E-state index is -0.484. The van der Waals surface area contributed by atoms with Crippen molar-refractivity contribution in [3.63, 3.8) is 0 Å². The van der Waals surface area contributed by atoms with Gasteiger partial charge in [0, 0.05) is 52.0 Å². The molecule has 1 aromatic rings. The highest BCUT2D eigenvalue weighted by atomic mass is 16.3. The molecule has 0 aromatic carbocycles. The molecule has 0 unspecified atom stereocenters. The number of carbonyl (C=O) groups is 3. The van der Waals surface area contributed by atoms with Crippen LogP contribution in [0.2, 0.25) is 0 Å². The van der Waals surface area contributed by atoms with Crippen molar-refractivity contribution in [1.29, 1.82) is 0 Å². The van der Waals surface area contributed by atoms with E-state index in [-0.39, 0.29) is 12.9 Å². The predicted molar refractivity (Wildman–Crippen MR) is 125 cm³/mol. The smallest absolute Gasteiger partial charge is 0.290 e. The van der Waals surface area contributed by atoms with Crippen molar-refractivity contribution in [2.75, 3.05) is 38.0 Å². The van der Waals surface area contributed by atoms with Gasteiger partial charge in [-0.25, -0.2) is 0 Å². The Kier molecular flexibility index (Phi) is 11.2. The highest BCUT2D eigenvalue weighted by molar-refractivity contribution is 5.89. The van der Waals surface area contributed by atoms with Crippen molar-refractivity contribution in [3.05, 3.63) is 12.3 Å². The summed E-state index contributed by atoms with van der Waals surface area (Å²) in [6.07, 6.45) is 13.0. The highest BCUT2D eigenvalue weighted by Gasteiger charge is 2.44. The van der Waals surface area contributed by atoms with Gasteiger partial charge in [-0.05, 0) is 44.4 Å². The molecule has 1 saturated carbocycles. The molecule has 0 radical (unpaired) electrons. The zero-order chi connectivity index (χ0) is 24.1. The van der Waals surface area contributed by atoms with Gasteiger partial charge < -0.3 is 25.3 Å². The minimum Gasteiger partial charge on any atom is -0.483 e. The van der Waals surface area contributed by atoms with Crippen LogP contribution in [-0.2, 0) is 21.4 Å². The number of likely N-dealkylation sites (tertiary alicyclic amines) is 2. The maximum absolute atomic E-state index is 13.4. The molecule has 1 aliphatic carbocycles. The monoisotopic (exact) mass is 465 g/mol. The molecule has 10 heteroatoms. The summed E-state index contributed by atoms with van der Waals surface area (Å²) in [6.45, 7) is 4.57. The molecule has 2 aliphatic heterocycles. The maximum atomic E-state index is 13.4.